The summed E-state index contributed by atoms with van der Waals surface area (Å²) in [6.07, 6.45) is 4.30. The van der Waals surface area contributed by atoms with Gasteiger partial charge in [0.1, 0.15) is 6.54 Å². The maximum absolute atomic E-state index is 13.2. The van der Waals surface area contributed by atoms with Crippen LogP contribution in [-0.4, -0.2) is 49.4 Å². The van der Waals surface area contributed by atoms with E-state index in [2.05, 4.69) is 10.2 Å². The zero-order chi connectivity index (χ0) is 20.9. The van der Waals surface area contributed by atoms with Crippen LogP contribution in [0.25, 0.3) is 6.08 Å². The first-order valence-electron chi connectivity index (χ1n) is 10.2. The molecule has 0 aromatic heterocycles. The molecule has 1 N–H and O–H groups in total. The number of rotatable bonds is 6. The van der Waals surface area contributed by atoms with E-state index in [1.807, 2.05) is 42.5 Å². The van der Waals surface area contributed by atoms with Crippen LogP contribution in [-0.2, 0) is 9.59 Å². The molecule has 0 unspecified atom stereocenters. The molecule has 0 radical (unpaired) electrons. The van der Waals surface area contributed by atoms with E-state index >= 15 is 0 Å². The number of benzene rings is 2. The molecular weight excluding hydrogens is 418 g/mol. The molecule has 2 aromatic carbocycles. The molecule has 2 aliphatic rings. The zero-order valence-corrected chi connectivity index (χ0v) is 18.2. The number of amides is 2. The molecule has 1 saturated heterocycles. The molecule has 7 heteroatoms. The van der Waals surface area contributed by atoms with Crippen molar-refractivity contribution in [3.63, 3.8) is 0 Å². The fraction of sp³-hybridized carbons (Fsp3) is 0.304. The Morgan fingerprint density at radius 3 is 2.60 bits per heavy atom. The summed E-state index contributed by atoms with van der Waals surface area (Å²) in [4.78, 5) is 31.2. The maximum atomic E-state index is 13.2. The number of nitrogens with zero attached hydrogens (tertiary/aromatic N) is 2. The Kier molecular flexibility index (Phi) is 6.77. The smallest absolute Gasteiger partial charge is 0.265 e. The van der Waals surface area contributed by atoms with Crippen molar-refractivity contribution in [1.29, 1.82) is 0 Å². The number of carbonyl (C=O) groups excluding carboxylic acids is 2. The van der Waals surface area contributed by atoms with Crippen LogP contribution in [0.5, 0.6) is 0 Å². The van der Waals surface area contributed by atoms with E-state index in [0.717, 1.165) is 35.8 Å². The van der Waals surface area contributed by atoms with Gasteiger partial charge in [-0.2, -0.15) is 0 Å². The molecule has 4 rings (SSSR count). The molecule has 0 saturated carbocycles. The van der Waals surface area contributed by atoms with Gasteiger partial charge in [-0.05, 0) is 61.8 Å². The Labute approximate surface area is 186 Å². The number of nitrogens with one attached hydrogen (secondary N) is 1. The molecule has 0 spiro atoms. The lowest BCUT2D eigenvalue weighted by Gasteiger charge is -2.30. The Morgan fingerprint density at radius 2 is 1.83 bits per heavy atom. The summed E-state index contributed by atoms with van der Waals surface area (Å²) < 4.78 is 0. The molecule has 2 amide bonds. The summed E-state index contributed by atoms with van der Waals surface area (Å²) >= 11 is 7.39. The van der Waals surface area contributed by atoms with E-state index in [9.17, 15) is 9.59 Å². The van der Waals surface area contributed by atoms with Gasteiger partial charge in [0.25, 0.3) is 5.91 Å². The second kappa shape index (κ2) is 9.69. The Hall–Kier alpha value is -2.28. The molecular formula is C23H24ClN3O2S. The summed E-state index contributed by atoms with van der Waals surface area (Å²) in [5.41, 5.74) is 1.67. The highest BCUT2D eigenvalue weighted by Crippen LogP contribution is 2.41. The summed E-state index contributed by atoms with van der Waals surface area (Å²) in [5.74, 6) is -0.307. The third-order valence-electron chi connectivity index (χ3n) is 5.25. The lowest BCUT2D eigenvalue weighted by Crippen LogP contribution is -2.44. The molecule has 5 nitrogen and oxygen atoms in total. The van der Waals surface area contributed by atoms with Gasteiger partial charge in [0.15, 0.2) is 0 Å². The number of carbonyl (C=O) groups is 2. The van der Waals surface area contributed by atoms with Crippen molar-refractivity contribution in [2.75, 3.05) is 37.6 Å². The van der Waals surface area contributed by atoms with Gasteiger partial charge in [0.05, 0.1) is 10.6 Å². The van der Waals surface area contributed by atoms with Crippen LogP contribution in [0.2, 0.25) is 5.02 Å². The first-order chi connectivity index (χ1) is 14.6. The SMILES string of the molecule is O=C(CN1C(=O)/C(=C/c2ccc(Cl)cc2)Sc2ccccc21)NCCN1CCCC1. The van der Waals surface area contributed by atoms with Crippen molar-refractivity contribution < 1.29 is 9.59 Å². The van der Waals surface area contributed by atoms with Gasteiger partial charge in [0.2, 0.25) is 5.91 Å². The fourth-order valence-electron chi connectivity index (χ4n) is 3.69. The number of para-hydroxylation sites is 1. The van der Waals surface area contributed by atoms with Crippen molar-refractivity contribution in [3.8, 4) is 0 Å². The van der Waals surface area contributed by atoms with Gasteiger partial charge in [-0.3, -0.25) is 14.5 Å². The van der Waals surface area contributed by atoms with E-state index < -0.39 is 0 Å². The number of likely N-dealkylation sites (tertiary alicyclic amines) is 1. The number of thioether (sulfide) groups is 1. The number of hydrogen-bond donors (Lipinski definition) is 1. The Morgan fingerprint density at radius 1 is 1.10 bits per heavy atom. The van der Waals surface area contributed by atoms with Crippen molar-refractivity contribution in [3.05, 3.63) is 64.0 Å². The third-order valence-corrected chi connectivity index (χ3v) is 6.58. The summed E-state index contributed by atoms with van der Waals surface area (Å²) in [6.45, 7) is 3.67. The van der Waals surface area contributed by atoms with Crippen LogP contribution in [0.3, 0.4) is 0 Å². The monoisotopic (exact) mass is 441 g/mol. The van der Waals surface area contributed by atoms with E-state index in [1.54, 1.807) is 17.0 Å². The first-order valence-corrected chi connectivity index (χ1v) is 11.3. The van der Waals surface area contributed by atoms with Crippen LogP contribution in [0.15, 0.2) is 58.3 Å². The number of halogens is 1. The topological polar surface area (TPSA) is 52.7 Å². The zero-order valence-electron chi connectivity index (χ0n) is 16.6. The lowest BCUT2D eigenvalue weighted by molar-refractivity contribution is -0.122. The maximum Gasteiger partial charge on any atom is 0.265 e. The van der Waals surface area contributed by atoms with Crippen LogP contribution in [0.4, 0.5) is 5.69 Å². The highest BCUT2D eigenvalue weighted by atomic mass is 35.5. The van der Waals surface area contributed by atoms with Crippen LogP contribution in [0, 0.1) is 0 Å². The van der Waals surface area contributed by atoms with Gasteiger partial charge in [-0.1, -0.05) is 47.6 Å². The highest BCUT2D eigenvalue weighted by Gasteiger charge is 2.30. The van der Waals surface area contributed by atoms with E-state index in [1.165, 1.54) is 24.6 Å². The summed E-state index contributed by atoms with van der Waals surface area (Å²) in [5, 5.41) is 3.61. The van der Waals surface area contributed by atoms with Gasteiger partial charge < -0.3 is 10.2 Å². The molecule has 2 aliphatic heterocycles. The molecule has 0 bridgehead atoms. The van der Waals surface area contributed by atoms with Gasteiger partial charge in [-0.15, -0.1) is 0 Å². The van der Waals surface area contributed by atoms with Crippen LogP contribution < -0.4 is 10.2 Å². The van der Waals surface area contributed by atoms with Gasteiger partial charge >= 0.3 is 0 Å². The van der Waals surface area contributed by atoms with Crippen molar-refractivity contribution >= 4 is 46.9 Å². The molecule has 30 heavy (non-hydrogen) atoms. The minimum atomic E-state index is -0.164. The largest absolute Gasteiger partial charge is 0.353 e. The van der Waals surface area contributed by atoms with Crippen molar-refractivity contribution in [1.82, 2.24) is 10.2 Å². The van der Waals surface area contributed by atoms with Crippen LogP contribution >= 0.6 is 23.4 Å². The Bertz CT molecular complexity index is 955. The van der Waals surface area contributed by atoms with Gasteiger partial charge in [0, 0.05) is 23.0 Å². The average molecular weight is 442 g/mol. The predicted octanol–water partition coefficient (Wildman–Crippen LogP) is 4.03. The van der Waals surface area contributed by atoms with E-state index in [0.29, 0.717) is 16.5 Å². The fourth-order valence-corrected chi connectivity index (χ4v) is 4.87. The third kappa shape index (κ3) is 5.06. The van der Waals surface area contributed by atoms with Gasteiger partial charge in [-0.25, -0.2) is 0 Å². The quantitative estimate of drug-likeness (QED) is 0.687. The summed E-state index contributed by atoms with van der Waals surface area (Å²) in [6, 6.07) is 15.0. The molecule has 1 fully saturated rings. The lowest BCUT2D eigenvalue weighted by atomic mass is 10.2. The second-order valence-corrected chi connectivity index (χ2v) is 8.94. The minimum Gasteiger partial charge on any atom is -0.353 e. The first kappa shape index (κ1) is 21.0. The Balaban J connectivity index is 1.48. The second-order valence-electron chi connectivity index (χ2n) is 7.42. The van der Waals surface area contributed by atoms with E-state index in [4.69, 9.17) is 11.6 Å². The molecule has 156 valence electrons. The minimum absolute atomic E-state index is 0.00830. The molecule has 0 atom stereocenters. The van der Waals surface area contributed by atoms with Crippen LogP contribution in [0.1, 0.15) is 18.4 Å². The number of hydrogen-bond acceptors (Lipinski definition) is 4. The number of fused-ring (bicyclic) bond motifs is 1. The van der Waals surface area contributed by atoms with Crippen molar-refractivity contribution in [2.24, 2.45) is 0 Å². The molecule has 2 heterocycles. The highest BCUT2D eigenvalue weighted by molar-refractivity contribution is 8.04. The summed E-state index contributed by atoms with van der Waals surface area (Å²) in [7, 11) is 0. The standard InChI is InChI=1S/C23H24ClN3O2S/c24-18-9-7-17(8-10-18)15-21-23(29)27(19-5-1-2-6-20(19)30-21)16-22(28)25-11-14-26-12-3-4-13-26/h1-2,5-10,15H,3-4,11-14,16H2,(H,25,28)/b21-15-. The predicted molar refractivity (Wildman–Crippen MR) is 123 cm³/mol. The van der Waals surface area contributed by atoms with E-state index in [-0.39, 0.29) is 18.4 Å². The molecule has 0 aliphatic carbocycles. The number of anilines is 1. The van der Waals surface area contributed by atoms with Crippen molar-refractivity contribution in [2.45, 2.75) is 17.7 Å². The average Bonchev–Trinajstić information content (AvgIpc) is 3.26. The molecule has 2 aromatic rings. The normalized spacial score (nSPS) is 18.0.